The standard InChI is InChI=1S/C13H17Cl2N/c1-10(8-14)9-16(3)11(2)12-5-4-6-13(15)7-12/h4-7,11H,1,8-9H2,2-3H3. The molecule has 1 nitrogen and oxygen atoms in total. The third-order valence-electron chi connectivity index (χ3n) is 2.65. The van der Waals surface area contributed by atoms with Crippen LogP contribution in [0.25, 0.3) is 0 Å². The highest BCUT2D eigenvalue weighted by Crippen LogP contribution is 2.22. The second kappa shape index (κ2) is 6.29. The zero-order valence-corrected chi connectivity index (χ0v) is 11.2. The summed E-state index contributed by atoms with van der Waals surface area (Å²) in [7, 11) is 2.06. The van der Waals surface area contributed by atoms with E-state index >= 15 is 0 Å². The topological polar surface area (TPSA) is 3.24 Å². The molecule has 0 saturated heterocycles. The van der Waals surface area contributed by atoms with Crippen LogP contribution in [-0.4, -0.2) is 24.4 Å². The van der Waals surface area contributed by atoms with Gasteiger partial charge in [0.1, 0.15) is 0 Å². The zero-order valence-electron chi connectivity index (χ0n) is 9.71. The number of halogens is 2. The summed E-state index contributed by atoms with van der Waals surface area (Å²) in [6, 6.07) is 8.23. The molecule has 16 heavy (non-hydrogen) atoms. The Morgan fingerprint density at radius 2 is 2.19 bits per heavy atom. The third-order valence-corrected chi connectivity index (χ3v) is 3.27. The Morgan fingerprint density at radius 1 is 1.50 bits per heavy atom. The molecule has 0 aromatic heterocycles. The van der Waals surface area contributed by atoms with Gasteiger partial charge >= 0.3 is 0 Å². The number of benzene rings is 1. The lowest BCUT2D eigenvalue weighted by molar-refractivity contribution is 0.284. The zero-order chi connectivity index (χ0) is 12.1. The van der Waals surface area contributed by atoms with Gasteiger partial charge in [-0.3, -0.25) is 4.90 Å². The van der Waals surface area contributed by atoms with Crippen molar-refractivity contribution < 1.29 is 0 Å². The molecule has 1 aromatic rings. The summed E-state index contributed by atoms with van der Waals surface area (Å²) in [6.07, 6.45) is 0. The van der Waals surface area contributed by atoms with Crippen LogP contribution in [0.3, 0.4) is 0 Å². The van der Waals surface area contributed by atoms with E-state index in [-0.39, 0.29) is 0 Å². The first kappa shape index (κ1) is 13.6. The Hall–Kier alpha value is -0.500. The van der Waals surface area contributed by atoms with Gasteiger partial charge in [-0.2, -0.15) is 0 Å². The number of alkyl halides is 1. The van der Waals surface area contributed by atoms with E-state index in [1.54, 1.807) is 0 Å². The Labute approximate surface area is 108 Å². The van der Waals surface area contributed by atoms with Gasteiger partial charge in [-0.05, 0) is 37.2 Å². The molecular weight excluding hydrogens is 241 g/mol. The van der Waals surface area contributed by atoms with Crippen LogP contribution in [0, 0.1) is 0 Å². The number of hydrogen-bond donors (Lipinski definition) is 0. The summed E-state index contributed by atoms with van der Waals surface area (Å²) in [5.41, 5.74) is 2.23. The molecule has 0 spiro atoms. The molecule has 1 atom stereocenters. The van der Waals surface area contributed by atoms with Crippen molar-refractivity contribution in [3.05, 3.63) is 47.0 Å². The molecule has 0 aliphatic carbocycles. The van der Waals surface area contributed by atoms with Gasteiger partial charge in [-0.1, -0.05) is 30.3 Å². The van der Waals surface area contributed by atoms with Crippen molar-refractivity contribution in [2.75, 3.05) is 19.5 Å². The van der Waals surface area contributed by atoms with Gasteiger partial charge in [-0.25, -0.2) is 0 Å². The van der Waals surface area contributed by atoms with Gasteiger partial charge < -0.3 is 0 Å². The molecule has 0 N–H and O–H groups in total. The van der Waals surface area contributed by atoms with Crippen LogP contribution in [0.15, 0.2) is 36.4 Å². The van der Waals surface area contributed by atoms with E-state index in [0.717, 1.165) is 17.1 Å². The van der Waals surface area contributed by atoms with Crippen LogP contribution in [0.4, 0.5) is 0 Å². The summed E-state index contributed by atoms with van der Waals surface area (Å²) in [4.78, 5) is 2.20. The van der Waals surface area contributed by atoms with Crippen molar-refractivity contribution in [2.24, 2.45) is 0 Å². The molecule has 0 fully saturated rings. The Balaban J connectivity index is 2.70. The summed E-state index contributed by atoms with van der Waals surface area (Å²) < 4.78 is 0. The number of nitrogens with zero attached hydrogens (tertiary/aromatic N) is 1. The summed E-state index contributed by atoms with van der Waals surface area (Å²) in [5.74, 6) is 0.507. The molecule has 3 heteroatoms. The van der Waals surface area contributed by atoms with E-state index < -0.39 is 0 Å². The average molecular weight is 258 g/mol. The normalized spacial score (nSPS) is 12.8. The lowest BCUT2D eigenvalue weighted by Gasteiger charge is -2.25. The first-order valence-corrected chi connectivity index (χ1v) is 6.14. The van der Waals surface area contributed by atoms with Crippen molar-refractivity contribution in [3.63, 3.8) is 0 Å². The summed E-state index contributed by atoms with van der Waals surface area (Å²) in [6.45, 7) is 6.86. The fraction of sp³-hybridized carbons (Fsp3) is 0.385. The van der Waals surface area contributed by atoms with E-state index in [0.29, 0.717) is 11.9 Å². The maximum absolute atomic E-state index is 5.97. The maximum atomic E-state index is 5.97. The molecule has 88 valence electrons. The number of likely N-dealkylation sites (N-methyl/N-ethyl adjacent to an activating group) is 1. The molecule has 0 aliphatic heterocycles. The Bertz CT molecular complexity index is 363. The first-order valence-electron chi connectivity index (χ1n) is 5.23. The highest BCUT2D eigenvalue weighted by Gasteiger charge is 2.12. The lowest BCUT2D eigenvalue weighted by atomic mass is 10.1. The van der Waals surface area contributed by atoms with Crippen LogP contribution in [-0.2, 0) is 0 Å². The van der Waals surface area contributed by atoms with Gasteiger partial charge in [0.05, 0.1) is 0 Å². The van der Waals surface area contributed by atoms with Crippen molar-refractivity contribution in [1.82, 2.24) is 4.90 Å². The van der Waals surface area contributed by atoms with Crippen LogP contribution >= 0.6 is 23.2 Å². The van der Waals surface area contributed by atoms with Crippen molar-refractivity contribution in [1.29, 1.82) is 0 Å². The van der Waals surface area contributed by atoms with Crippen molar-refractivity contribution >= 4 is 23.2 Å². The molecule has 1 aromatic carbocycles. The highest BCUT2D eigenvalue weighted by atomic mass is 35.5. The Morgan fingerprint density at radius 3 is 2.75 bits per heavy atom. The molecule has 0 radical (unpaired) electrons. The SMILES string of the molecule is C=C(CCl)CN(C)C(C)c1cccc(Cl)c1. The second-order valence-corrected chi connectivity index (χ2v) is 4.73. The van der Waals surface area contributed by atoms with Gasteiger partial charge in [0.2, 0.25) is 0 Å². The molecule has 0 heterocycles. The smallest absolute Gasteiger partial charge is 0.0443 e. The van der Waals surface area contributed by atoms with Crippen LogP contribution in [0.2, 0.25) is 5.02 Å². The molecule has 1 unspecified atom stereocenters. The van der Waals surface area contributed by atoms with Gasteiger partial charge in [-0.15, -0.1) is 11.6 Å². The number of rotatable bonds is 5. The maximum Gasteiger partial charge on any atom is 0.0443 e. The predicted octanol–water partition coefficient (Wildman–Crippen LogP) is 4.13. The molecular formula is C13H17Cl2N. The Kier molecular flexibility index (Phi) is 5.33. The second-order valence-electron chi connectivity index (χ2n) is 4.03. The molecule has 0 saturated carbocycles. The summed E-state index contributed by atoms with van der Waals surface area (Å²) in [5, 5.41) is 0.772. The minimum Gasteiger partial charge on any atom is -0.296 e. The van der Waals surface area contributed by atoms with E-state index in [4.69, 9.17) is 23.2 Å². The van der Waals surface area contributed by atoms with E-state index in [2.05, 4.69) is 31.5 Å². The summed E-state index contributed by atoms with van der Waals surface area (Å²) >= 11 is 11.7. The monoisotopic (exact) mass is 257 g/mol. The molecule has 0 bridgehead atoms. The predicted molar refractivity (Wildman–Crippen MR) is 72.4 cm³/mol. The first-order chi connectivity index (χ1) is 7.54. The van der Waals surface area contributed by atoms with E-state index in [1.165, 1.54) is 5.56 Å². The average Bonchev–Trinajstić information content (AvgIpc) is 2.27. The number of hydrogen-bond acceptors (Lipinski definition) is 1. The van der Waals surface area contributed by atoms with Crippen molar-refractivity contribution in [3.8, 4) is 0 Å². The quantitative estimate of drug-likeness (QED) is 0.567. The lowest BCUT2D eigenvalue weighted by Crippen LogP contribution is -2.24. The van der Waals surface area contributed by atoms with Crippen LogP contribution in [0.5, 0.6) is 0 Å². The minimum absolute atomic E-state index is 0.304. The van der Waals surface area contributed by atoms with E-state index in [9.17, 15) is 0 Å². The van der Waals surface area contributed by atoms with Crippen molar-refractivity contribution in [2.45, 2.75) is 13.0 Å². The molecule has 1 rings (SSSR count). The minimum atomic E-state index is 0.304. The third kappa shape index (κ3) is 3.82. The fourth-order valence-electron chi connectivity index (χ4n) is 1.55. The highest BCUT2D eigenvalue weighted by molar-refractivity contribution is 6.30. The van der Waals surface area contributed by atoms with Gasteiger partial charge in [0.25, 0.3) is 0 Å². The fourth-order valence-corrected chi connectivity index (χ4v) is 1.84. The molecule has 0 aliphatic rings. The van der Waals surface area contributed by atoms with Gasteiger partial charge in [0.15, 0.2) is 0 Å². The molecule has 0 amide bonds. The largest absolute Gasteiger partial charge is 0.296 e. The van der Waals surface area contributed by atoms with Crippen LogP contribution < -0.4 is 0 Å². The van der Waals surface area contributed by atoms with Crippen LogP contribution in [0.1, 0.15) is 18.5 Å². The van der Waals surface area contributed by atoms with E-state index in [1.807, 2.05) is 18.2 Å². The van der Waals surface area contributed by atoms with Gasteiger partial charge in [0, 0.05) is 23.5 Å².